The molecule has 4 aromatic rings. The molecule has 0 amide bonds. The van der Waals surface area contributed by atoms with E-state index in [0.717, 1.165) is 5.39 Å². The van der Waals surface area contributed by atoms with Crippen LogP contribution in [0.15, 0.2) is 77.8 Å². The number of aromatic nitrogens is 1. The highest BCUT2D eigenvalue weighted by atomic mass is 32.2. The van der Waals surface area contributed by atoms with Crippen molar-refractivity contribution in [3.8, 4) is 5.69 Å². The Hall–Kier alpha value is -3.14. The third-order valence-electron chi connectivity index (χ3n) is 5.13. The van der Waals surface area contributed by atoms with Gasteiger partial charge in [-0.1, -0.05) is 18.2 Å². The summed E-state index contributed by atoms with van der Waals surface area (Å²) in [6.45, 7) is 0.172. The number of sulfonamides is 1. The van der Waals surface area contributed by atoms with Crippen LogP contribution in [-0.2, 0) is 21.3 Å². The first-order valence-corrected chi connectivity index (χ1v) is 10.7. The second kappa shape index (κ2) is 6.98. The van der Waals surface area contributed by atoms with E-state index in [-0.39, 0.29) is 17.2 Å². The fraction of sp³-hybridized carbons (Fsp3) is 0.0476. The number of nitrogens with one attached hydrogen (secondary N) is 1. The van der Waals surface area contributed by atoms with Crippen molar-refractivity contribution in [2.75, 3.05) is 4.72 Å². The van der Waals surface area contributed by atoms with Crippen LogP contribution in [0.2, 0.25) is 0 Å². The maximum Gasteiger partial charge on any atom is 0.491 e. The van der Waals surface area contributed by atoms with Gasteiger partial charge in [0, 0.05) is 17.3 Å². The van der Waals surface area contributed by atoms with Gasteiger partial charge in [-0.05, 0) is 59.6 Å². The normalized spacial score (nSPS) is 13.6. The molecule has 0 fully saturated rings. The van der Waals surface area contributed by atoms with E-state index in [9.17, 15) is 17.8 Å². The second-order valence-corrected chi connectivity index (χ2v) is 8.73. The highest BCUT2D eigenvalue weighted by molar-refractivity contribution is 7.92. The summed E-state index contributed by atoms with van der Waals surface area (Å²) in [4.78, 5) is 0.170. The van der Waals surface area contributed by atoms with Crippen molar-refractivity contribution >= 4 is 39.2 Å². The predicted molar refractivity (Wildman–Crippen MR) is 113 cm³/mol. The number of rotatable bonds is 4. The summed E-state index contributed by atoms with van der Waals surface area (Å²) in [7, 11) is -4.77. The Labute approximate surface area is 172 Å². The van der Waals surface area contributed by atoms with Gasteiger partial charge in [0.15, 0.2) is 0 Å². The molecule has 0 bridgehead atoms. The molecular weight excluding hydrogens is 406 g/mol. The molecule has 5 rings (SSSR count). The molecule has 0 saturated heterocycles. The molecule has 0 aliphatic carbocycles. The largest absolute Gasteiger partial charge is 0.491 e. The third-order valence-corrected chi connectivity index (χ3v) is 6.52. The Morgan fingerprint density at radius 1 is 1.07 bits per heavy atom. The first-order chi connectivity index (χ1) is 14.4. The Kier molecular flexibility index (Phi) is 4.39. The van der Waals surface area contributed by atoms with Crippen molar-refractivity contribution in [2.24, 2.45) is 0 Å². The van der Waals surface area contributed by atoms with Crippen LogP contribution in [0.5, 0.6) is 0 Å². The molecule has 1 aliphatic rings. The molecule has 2 N–H and O–H groups in total. The number of fused-ring (bicyclic) bond motifs is 2. The van der Waals surface area contributed by atoms with Crippen LogP contribution < -0.4 is 10.2 Å². The van der Waals surface area contributed by atoms with Gasteiger partial charge in [0.1, 0.15) is 5.82 Å². The van der Waals surface area contributed by atoms with E-state index in [1.165, 1.54) is 18.2 Å². The Bertz CT molecular complexity index is 1370. The number of halogens is 1. The molecule has 0 spiro atoms. The van der Waals surface area contributed by atoms with Gasteiger partial charge in [-0.3, -0.25) is 4.72 Å². The molecule has 150 valence electrons. The lowest BCUT2D eigenvalue weighted by Crippen LogP contribution is -2.28. The summed E-state index contributed by atoms with van der Waals surface area (Å²) in [6, 6.07) is 17.9. The molecule has 1 aromatic heterocycles. The van der Waals surface area contributed by atoms with Gasteiger partial charge >= 0.3 is 7.12 Å². The van der Waals surface area contributed by atoms with Gasteiger partial charge in [0.2, 0.25) is 0 Å². The number of nitrogens with zero attached hydrogens (tertiary/aromatic N) is 1. The number of hydrogen-bond acceptors (Lipinski definition) is 4. The van der Waals surface area contributed by atoms with Crippen molar-refractivity contribution in [1.82, 2.24) is 4.57 Å². The summed E-state index contributed by atoms with van der Waals surface area (Å²) in [6.07, 6.45) is 1.70. The van der Waals surface area contributed by atoms with Gasteiger partial charge in [0.25, 0.3) is 10.0 Å². The van der Waals surface area contributed by atoms with Crippen molar-refractivity contribution < 1.29 is 22.5 Å². The minimum Gasteiger partial charge on any atom is -0.423 e. The summed E-state index contributed by atoms with van der Waals surface area (Å²) in [5, 5.41) is 10.7. The summed E-state index contributed by atoms with van der Waals surface area (Å²) >= 11 is 0. The minimum absolute atomic E-state index is 0.170. The van der Waals surface area contributed by atoms with Crippen molar-refractivity contribution in [1.29, 1.82) is 0 Å². The Morgan fingerprint density at radius 2 is 1.87 bits per heavy atom. The summed E-state index contributed by atoms with van der Waals surface area (Å²) < 4.78 is 49.2. The van der Waals surface area contributed by atoms with Crippen LogP contribution >= 0.6 is 0 Å². The molecule has 0 radical (unpaired) electrons. The Morgan fingerprint density at radius 3 is 2.67 bits per heavy atom. The minimum atomic E-state index is -3.71. The van der Waals surface area contributed by atoms with Crippen LogP contribution in [0.4, 0.5) is 10.1 Å². The third kappa shape index (κ3) is 3.17. The van der Waals surface area contributed by atoms with Gasteiger partial charge in [-0.15, -0.1) is 0 Å². The van der Waals surface area contributed by atoms with E-state index in [1.807, 2.05) is 0 Å². The smallest absolute Gasteiger partial charge is 0.423 e. The first kappa shape index (κ1) is 18.9. The molecule has 2 heterocycles. The van der Waals surface area contributed by atoms with Crippen LogP contribution in [0.25, 0.3) is 16.6 Å². The maximum atomic E-state index is 14.7. The zero-order chi connectivity index (χ0) is 20.9. The van der Waals surface area contributed by atoms with Gasteiger partial charge in [-0.2, -0.15) is 0 Å². The highest BCUT2D eigenvalue weighted by Crippen LogP contribution is 2.27. The highest BCUT2D eigenvalue weighted by Gasteiger charge is 2.29. The van der Waals surface area contributed by atoms with Crippen LogP contribution in [-0.4, -0.2) is 25.1 Å². The maximum absolute atomic E-state index is 14.7. The number of benzene rings is 3. The molecule has 1 aliphatic heterocycles. The molecular formula is C21H16BFN2O4S. The number of hydrogen-bond donors (Lipinski definition) is 2. The summed E-state index contributed by atoms with van der Waals surface area (Å²) in [5.74, 6) is -0.433. The fourth-order valence-corrected chi connectivity index (χ4v) is 4.72. The Balaban J connectivity index is 1.52. The molecule has 9 heteroatoms. The molecule has 0 saturated carbocycles. The molecule has 0 unspecified atom stereocenters. The van der Waals surface area contributed by atoms with Crippen LogP contribution in [0.3, 0.4) is 0 Å². The standard InChI is InChI=1S/C21H16BFN2O4S/c23-19-11-15-13-29-22(26)18(15)12-21(19)25-9-8-14-10-16(6-7-20(14)25)24-30(27,28)17-4-2-1-3-5-17/h1-12,24,26H,13H2. The second-order valence-electron chi connectivity index (χ2n) is 7.04. The lowest BCUT2D eigenvalue weighted by atomic mass is 9.79. The zero-order valence-electron chi connectivity index (χ0n) is 15.6. The SMILES string of the molecule is O=S(=O)(Nc1ccc2c(ccn2-c2cc3c(cc2F)COB3O)c1)c1ccccc1. The molecule has 3 aromatic carbocycles. The van der Waals surface area contributed by atoms with Gasteiger partial charge in [-0.25, -0.2) is 12.8 Å². The van der Waals surface area contributed by atoms with E-state index in [4.69, 9.17) is 4.65 Å². The lowest BCUT2D eigenvalue weighted by molar-refractivity contribution is 0.275. The quantitative estimate of drug-likeness (QED) is 0.496. The van der Waals surface area contributed by atoms with Gasteiger partial charge in [0.05, 0.1) is 22.7 Å². The first-order valence-electron chi connectivity index (χ1n) is 9.24. The molecule has 30 heavy (non-hydrogen) atoms. The summed E-state index contributed by atoms with van der Waals surface area (Å²) in [5.41, 5.74) is 2.55. The van der Waals surface area contributed by atoms with E-state index in [1.54, 1.807) is 59.3 Å². The van der Waals surface area contributed by atoms with Gasteiger partial charge < -0.3 is 14.2 Å². The van der Waals surface area contributed by atoms with Crippen molar-refractivity contribution in [3.05, 3.63) is 84.3 Å². The van der Waals surface area contributed by atoms with E-state index < -0.39 is 23.0 Å². The van der Waals surface area contributed by atoms with E-state index >= 15 is 0 Å². The topological polar surface area (TPSA) is 80.6 Å². The average molecular weight is 422 g/mol. The number of anilines is 1. The molecule has 6 nitrogen and oxygen atoms in total. The lowest BCUT2D eigenvalue weighted by Gasteiger charge is -2.11. The van der Waals surface area contributed by atoms with Crippen LogP contribution in [0.1, 0.15) is 5.56 Å². The monoisotopic (exact) mass is 422 g/mol. The predicted octanol–water partition coefficient (Wildman–Crippen LogP) is 2.79. The van der Waals surface area contributed by atoms with Crippen LogP contribution in [0, 0.1) is 5.82 Å². The fourth-order valence-electron chi connectivity index (χ4n) is 3.65. The van der Waals surface area contributed by atoms with E-state index in [0.29, 0.717) is 22.2 Å². The average Bonchev–Trinajstić information content (AvgIpc) is 3.31. The van der Waals surface area contributed by atoms with Crippen molar-refractivity contribution in [3.63, 3.8) is 0 Å². The van der Waals surface area contributed by atoms with E-state index in [2.05, 4.69) is 4.72 Å². The zero-order valence-corrected chi connectivity index (χ0v) is 16.4. The van der Waals surface area contributed by atoms with Crippen molar-refractivity contribution in [2.45, 2.75) is 11.5 Å². The molecule has 0 atom stereocenters.